The molecule has 146 valence electrons. The number of carboxylic acids is 3. The summed E-state index contributed by atoms with van der Waals surface area (Å²) in [6.45, 7) is 3.70. The van der Waals surface area contributed by atoms with Crippen LogP contribution in [0.4, 0.5) is 0 Å². The van der Waals surface area contributed by atoms with E-state index in [1.54, 1.807) is 13.8 Å². The van der Waals surface area contributed by atoms with Crippen LogP contribution in [-0.4, -0.2) is 75.2 Å². The maximum absolute atomic E-state index is 10.1. The average molecular weight is 428 g/mol. The number of aliphatic hydroxyl groups is 3. The fourth-order valence-electron chi connectivity index (χ4n) is 1.04. The summed E-state index contributed by atoms with van der Waals surface area (Å²) in [5, 5.41) is 56.1. The molecular formula is C12H23Na3O12. The topological polar surface area (TPSA) is 253 Å². The average Bonchev–Trinajstić information content (AvgIpc) is 2.34. The molecule has 0 aromatic carbocycles. The molecule has 0 spiro atoms. The van der Waals surface area contributed by atoms with E-state index >= 15 is 0 Å². The van der Waals surface area contributed by atoms with Crippen molar-refractivity contribution in [1.82, 2.24) is 0 Å². The number of hydrogen-bond donors (Lipinski definition) is 3. The van der Waals surface area contributed by atoms with Crippen LogP contribution in [0.3, 0.4) is 0 Å². The molecule has 0 aromatic rings. The minimum atomic E-state index is -2.97. The van der Waals surface area contributed by atoms with Crippen LogP contribution in [0, 0.1) is 0 Å². The summed E-state index contributed by atoms with van der Waals surface area (Å²) >= 11 is 0. The molecule has 0 saturated heterocycles. The molecule has 15 heteroatoms. The van der Waals surface area contributed by atoms with E-state index in [1.165, 1.54) is 0 Å². The van der Waals surface area contributed by atoms with Crippen LogP contribution < -0.4 is 104 Å². The molecule has 0 fully saturated rings. The molecule has 0 radical (unpaired) electrons. The molecule has 0 aliphatic rings. The quantitative estimate of drug-likeness (QED) is 0.292. The van der Waals surface area contributed by atoms with E-state index in [4.69, 9.17) is 20.1 Å². The van der Waals surface area contributed by atoms with Crippen molar-refractivity contribution < 1.29 is 149 Å². The van der Waals surface area contributed by atoms with Crippen molar-refractivity contribution in [2.45, 2.75) is 44.5 Å². The van der Waals surface area contributed by atoms with Crippen molar-refractivity contribution in [3.05, 3.63) is 0 Å². The zero-order chi connectivity index (χ0) is 17.9. The number of aliphatic carboxylic acids is 3. The Morgan fingerprint density at radius 2 is 1.30 bits per heavy atom. The number of carbonyl (C=O) groups is 3. The summed E-state index contributed by atoms with van der Waals surface area (Å²) in [4.78, 5) is 30.0. The Bertz CT molecular complexity index is 365. The number of hydrogen-bond acceptors (Lipinski definition) is 10. The largest absolute Gasteiger partial charge is 1.00 e. The second-order valence-electron chi connectivity index (χ2n) is 4.59. The summed E-state index contributed by atoms with van der Waals surface area (Å²) < 4.78 is 4.95. The first-order valence-corrected chi connectivity index (χ1v) is 6.18. The number of rotatable bonds is 9. The Morgan fingerprint density at radius 3 is 1.48 bits per heavy atom. The van der Waals surface area contributed by atoms with Gasteiger partial charge in [0.05, 0.1) is 31.4 Å². The zero-order valence-electron chi connectivity index (χ0n) is 16.2. The van der Waals surface area contributed by atoms with Gasteiger partial charge in [-0.3, -0.25) is 0 Å². The first kappa shape index (κ1) is 46.4. The molecule has 0 aliphatic carbocycles. The zero-order valence-corrected chi connectivity index (χ0v) is 22.2. The van der Waals surface area contributed by atoms with Crippen molar-refractivity contribution in [3.8, 4) is 0 Å². The minimum absolute atomic E-state index is 0. The van der Waals surface area contributed by atoms with E-state index in [0.29, 0.717) is 6.61 Å². The molecule has 2 unspecified atom stereocenters. The van der Waals surface area contributed by atoms with Gasteiger partial charge in [-0.25, -0.2) is 0 Å². The Kier molecular flexibility index (Phi) is 43.3. The molecule has 0 aromatic heterocycles. The molecule has 2 atom stereocenters. The second kappa shape index (κ2) is 25.2. The van der Waals surface area contributed by atoms with Gasteiger partial charge in [-0.2, -0.15) is 0 Å². The van der Waals surface area contributed by atoms with Crippen LogP contribution in [-0.2, 0) is 19.1 Å². The maximum Gasteiger partial charge on any atom is 1.00 e. The first-order chi connectivity index (χ1) is 9.94. The van der Waals surface area contributed by atoms with E-state index in [0.717, 1.165) is 0 Å². The van der Waals surface area contributed by atoms with Crippen LogP contribution in [0.1, 0.15) is 26.7 Å². The fourth-order valence-corrected chi connectivity index (χ4v) is 1.04. The summed E-state index contributed by atoms with van der Waals surface area (Å²) in [5.74, 6) is -5.98. The molecule has 0 heterocycles. The van der Waals surface area contributed by atoms with Gasteiger partial charge in [-0.15, -0.1) is 0 Å². The predicted octanol–water partition coefficient (Wildman–Crippen LogP) is -16.1. The first-order valence-electron chi connectivity index (χ1n) is 6.18. The molecule has 12 nitrogen and oxygen atoms in total. The monoisotopic (exact) mass is 428 g/mol. The Balaban J connectivity index is -0.0000000521. The third kappa shape index (κ3) is 29.5. The van der Waals surface area contributed by atoms with E-state index in [2.05, 4.69) is 0 Å². The SMILES string of the molecule is CC(O)COC(C)CO.O.O.O=C([O-])CC(O)(CC(=O)[O-])C(=O)[O-].[Na+].[Na+].[Na+]. The van der Waals surface area contributed by atoms with Crippen molar-refractivity contribution in [1.29, 1.82) is 0 Å². The number of carbonyl (C=O) groups excluding carboxylic acids is 3. The molecule has 27 heavy (non-hydrogen) atoms. The van der Waals surface area contributed by atoms with Gasteiger partial charge in [0.1, 0.15) is 5.60 Å². The molecule has 0 aliphatic heterocycles. The summed E-state index contributed by atoms with van der Waals surface area (Å²) in [7, 11) is 0. The molecule has 0 amide bonds. The van der Waals surface area contributed by atoms with E-state index < -0.39 is 42.5 Å². The summed E-state index contributed by atoms with van der Waals surface area (Å²) in [6.07, 6.45) is -3.33. The van der Waals surface area contributed by atoms with Crippen molar-refractivity contribution in [3.63, 3.8) is 0 Å². The maximum atomic E-state index is 10.1. The van der Waals surface area contributed by atoms with Gasteiger partial charge >= 0.3 is 88.7 Å². The smallest absolute Gasteiger partial charge is 0.550 e. The van der Waals surface area contributed by atoms with Gasteiger partial charge in [0.25, 0.3) is 0 Å². The standard InChI is InChI=1S/C6H8O7.C6H14O3.3Na.2H2O/c7-3(8)1-6(13,5(11)12)2-4(9)10;1-5(8)4-9-6(2)3-7;;;;;/h13H,1-2H2,(H,7,8)(H,9,10)(H,11,12);5-8H,3-4H2,1-2H3;;;;2*1H2/q;;3*+1;;/p-3. The van der Waals surface area contributed by atoms with Crippen molar-refractivity contribution in [2.24, 2.45) is 0 Å². The van der Waals surface area contributed by atoms with Gasteiger partial charge in [-0.05, 0) is 13.8 Å². The predicted molar refractivity (Wildman–Crippen MR) is 70.6 cm³/mol. The van der Waals surface area contributed by atoms with Crippen LogP contribution in [0.2, 0.25) is 0 Å². The van der Waals surface area contributed by atoms with Crippen LogP contribution in [0.15, 0.2) is 0 Å². The minimum Gasteiger partial charge on any atom is -0.550 e. The molecule has 0 bridgehead atoms. The Labute approximate surface area is 222 Å². The molecular weight excluding hydrogens is 405 g/mol. The van der Waals surface area contributed by atoms with Crippen molar-refractivity contribution in [2.75, 3.05) is 13.2 Å². The molecule has 0 rings (SSSR count). The third-order valence-corrected chi connectivity index (χ3v) is 2.13. The van der Waals surface area contributed by atoms with Gasteiger partial charge in [0.2, 0.25) is 0 Å². The van der Waals surface area contributed by atoms with Gasteiger partial charge in [-0.1, -0.05) is 0 Å². The van der Waals surface area contributed by atoms with Gasteiger partial charge < -0.3 is 60.7 Å². The number of aliphatic hydroxyl groups excluding tert-OH is 2. The van der Waals surface area contributed by atoms with Gasteiger partial charge in [0.15, 0.2) is 0 Å². The number of ether oxygens (including phenoxy) is 1. The van der Waals surface area contributed by atoms with E-state index in [-0.39, 0.29) is 112 Å². The molecule has 0 saturated carbocycles. The summed E-state index contributed by atoms with van der Waals surface area (Å²) in [6, 6.07) is 0. The van der Waals surface area contributed by atoms with Crippen LogP contribution in [0.5, 0.6) is 0 Å². The summed E-state index contributed by atoms with van der Waals surface area (Å²) in [5.41, 5.74) is -2.97. The third-order valence-electron chi connectivity index (χ3n) is 2.13. The van der Waals surface area contributed by atoms with E-state index in [1.807, 2.05) is 0 Å². The Hall–Kier alpha value is 1.17. The van der Waals surface area contributed by atoms with Crippen LogP contribution in [0.25, 0.3) is 0 Å². The molecule has 7 N–H and O–H groups in total. The number of carboxylic acid groups (broad SMARTS) is 3. The van der Waals surface area contributed by atoms with E-state index in [9.17, 15) is 29.7 Å². The van der Waals surface area contributed by atoms with Crippen molar-refractivity contribution >= 4 is 17.9 Å². The van der Waals surface area contributed by atoms with Crippen LogP contribution >= 0.6 is 0 Å². The normalized spacial score (nSPS) is 11.0. The Morgan fingerprint density at radius 1 is 0.963 bits per heavy atom. The second-order valence-corrected chi connectivity index (χ2v) is 4.59. The van der Waals surface area contributed by atoms with Gasteiger partial charge in [0, 0.05) is 24.8 Å². The fraction of sp³-hybridized carbons (Fsp3) is 0.750.